The number of benzene rings is 6. The first-order valence-corrected chi connectivity index (χ1v) is 16.8. The Morgan fingerprint density at radius 3 is 1.10 bits per heavy atom. The molecule has 1 radical (unpaired) electrons. The number of rotatable bonds is 7. The van der Waals surface area contributed by atoms with E-state index in [0.29, 0.717) is 11.1 Å². The summed E-state index contributed by atoms with van der Waals surface area (Å²) in [7, 11) is 0. The molecule has 0 amide bonds. The zero-order chi connectivity index (χ0) is 34.1. The summed E-state index contributed by atoms with van der Waals surface area (Å²) in [6.45, 7) is 0. The van der Waals surface area contributed by atoms with Crippen molar-refractivity contribution in [3.63, 3.8) is 0 Å². The standard InChI is InChI=1S/C42H24Cl4F2N/c43-31-21-29(25-13-5-1-6-14-25)35(27-17-9-3-10-18-27)41(45)37(31)40(39-33(47)23-49-24-34(39)48)38-32(44)22-30(26-15-7-2-8-16-26)36(42(38)46)28-19-11-4-12-20-28/h1-24H. The fraction of sp³-hybridized carbons (Fsp3) is 0. The number of aromatic nitrogens is 1. The van der Waals surface area contributed by atoms with Crippen LogP contribution in [0.15, 0.2) is 146 Å². The van der Waals surface area contributed by atoms with Crippen LogP contribution < -0.4 is 0 Å². The van der Waals surface area contributed by atoms with E-state index in [1.807, 2.05) is 121 Å². The first-order chi connectivity index (χ1) is 23.8. The van der Waals surface area contributed by atoms with Gasteiger partial charge in [-0.1, -0.05) is 168 Å². The third kappa shape index (κ3) is 6.24. The van der Waals surface area contributed by atoms with Crippen LogP contribution in [-0.2, 0) is 0 Å². The van der Waals surface area contributed by atoms with Crippen LogP contribution in [0.4, 0.5) is 8.78 Å². The second-order valence-corrected chi connectivity index (χ2v) is 12.8. The molecule has 239 valence electrons. The Kier molecular flexibility index (Phi) is 9.53. The van der Waals surface area contributed by atoms with Crippen LogP contribution in [0.25, 0.3) is 44.5 Å². The molecule has 1 nitrogen and oxygen atoms in total. The quantitative estimate of drug-likeness (QED) is 0.160. The minimum absolute atomic E-state index is 0.00372. The van der Waals surface area contributed by atoms with E-state index in [1.54, 1.807) is 12.1 Å². The highest BCUT2D eigenvalue weighted by Crippen LogP contribution is 2.53. The zero-order valence-corrected chi connectivity index (χ0v) is 28.6. The molecule has 49 heavy (non-hydrogen) atoms. The topological polar surface area (TPSA) is 12.9 Å². The van der Waals surface area contributed by atoms with Crippen molar-refractivity contribution < 1.29 is 8.78 Å². The Morgan fingerprint density at radius 2 is 0.755 bits per heavy atom. The molecule has 1 heterocycles. The van der Waals surface area contributed by atoms with Crippen LogP contribution >= 0.6 is 46.4 Å². The van der Waals surface area contributed by atoms with E-state index >= 15 is 8.78 Å². The maximum Gasteiger partial charge on any atom is 0.148 e. The van der Waals surface area contributed by atoms with Gasteiger partial charge in [-0.15, -0.1) is 0 Å². The van der Waals surface area contributed by atoms with E-state index in [2.05, 4.69) is 4.98 Å². The van der Waals surface area contributed by atoms with E-state index in [4.69, 9.17) is 46.4 Å². The number of nitrogens with zero attached hydrogens (tertiary/aromatic N) is 1. The van der Waals surface area contributed by atoms with Crippen molar-refractivity contribution in [3.8, 4) is 44.5 Å². The summed E-state index contributed by atoms with van der Waals surface area (Å²) in [4.78, 5) is 3.75. The molecule has 7 rings (SSSR count). The Morgan fingerprint density at radius 1 is 0.429 bits per heavy atom. The van der Waals surface area contributed by atoms with Gasteiger partial charge < -0.3 is 0 Å². The molecule has 7 aromatic rings. The molecule has 0 fully saturated rings. The number of pyridine rings is 1. The lowest BCUT2D eigenvalue weighted by atomic mass is 9.80. The number of halogens is 6. The van der Waals surface area contributed by atoms with E-state index in [0.717, 1.165) is 45.8 Å². The third-order valence-electron chi connectivity index (χ3n) is 8.33. The highest BCUT2D eigenvalue weighted by molar-refractivity contribution is 6.41. The molecular formula is C42H24Cl4F2N. The Bertz CT molecular complexity index is 2120. The van der Waals surface area contributed by atoms with Crippen LogP contribution in [0.2, 0.25) is 20.1 Å². The van der Waals surface area contributed by atoms with Crippen molar-refractivity contribution in [1.82, 2.24) is 4.98 Å². The fourth-order valence-electron chi connectivity index (χ4n) is 6.19. The molecule has 1 aromatic heterocycles. The lowest BCUT2D eigenvalue weighted by Gasteiger charge is -2.27. The molecule has 0 saturated heterocycles. The molecule has 0 unspecified atom stereocenters. The van der Waals surface area contributed by atoms with Crippen LogP contribution in [0, 0.1) is 17.6 Å². The monoisotopic (exact) mass is 720 g/mol. The second kappa shape index (κ2) is 14.2. The Hall–Kier alpha value is -4.51. The average molecular weight is 722 g/mol. The van der Waals surface area contributed by atoms with E-state index in [1.165, 1.54) is 0 Å². The largest absolute Gasteiger partial charge is 0.259 e. The van der Waals surface area contributed by atoms with Crippen molar-refractivity contribution in [2.45, 2.75) is 0 Å². The van der Waals surface area contributed by atoms with Crippen LogP contribution in [0.3, 0.4) is 0 Å². The van der Waals surface area contributed by atoms with Crippen molar-refractivity contribution in [2.24, 2.45) is 0 Å². The third-order valence-corrected chi connectivity index (χ3v) is 9.69. The lowest BCUT2D eigenvalue weighted by Crippen LogP contribution is -2.14. The van der Waals surface area contributed by atoms with Gasteiger partial charge in [0.05, 0.1) is 28.4 Å². The molecule has 0 bridgehead atoms. The van der Waals surface area contributed by atoms with Gasteiger partial charge in [0, 0.05) is 37.9 Å². The van der Waals surface area contributed by atoms with Crippen molar-refractivity contribution in [3.05, 3.63) is 200 Å². The van der Waals surface area contributed by atoms with Gasteiger partial charge in [-0.05, 0) is 45.5 Å². The molecule has 6 aromatic carbocycles. The average Bonchev–Trinajstić information content (AvgIpc) is 3.12. The molecule has 0 aliphatic rings. The highest BCUT2D eigenvalue weighted by Gasteiger charge is 2.36. The Balaban J connectivity index is 1.61. The molecule has 0 saturated carbocycles. The van der Waals surface area contributed by atoms with Crippen molar-refractivity contribution in [1.29, 1.82) is 0 Å². The van der Waals surface area contributed by atoms with Crippen LogP contribution in [0.5, 0.6) is 0 Å². The van der Waals surface area contributed by atoms with Crippen molar-refractivity contribution >= 4 is 46.4 Å². The van der Waals surface area contributed by atoms with E-state index in [9.17, 15) is 0 Å². The smallest absolute Gasteiger partial charge is 0.148 e. The van der Waals surface area contributed by atoms with E-state index in [-0.39, 0.29) is 37.1 Å². The summed E-state index contributed by atoms with van der Waals surface area (Å²) < 4.78 is 32.1. The normalized spacial score (nSPS) is 11.2. The van der Waals surface area contributed by atoms with Crippen molar-refractivity contribution in [2.75, 3.05) is 0 Å². The van der Waals surface area contributed by atoms with Gasteiger partial charge in [-0.25, -0.2) is 8.78 Å². The second-order valence-electron chi connectivity index (χ2n) is 11.3. The summed E-state index contributed by atoms with van der Waals surface area (Å²) in [5, 5.41) is 0.636. The molecule has 0 N–H and O–H groups in total. The predicted octanol–water partition coefficient (Wildman–Crippen LogP) is 13.7. The van der Waals surface area contributed by atoms with Crippen LogP contribution in [0.1, 0.15) is 16.7 Å². The zero-order valence-electron chi connectivity index (χ0n) is 25.6. The first-order valence-electron chi connectivity index (χ1n) is 15.3. The summed E-state index contributed by atoms with van der Waals surface area (Å²) >= 11 is 29.2. The minimum Gasteiger partial charge on any atom is -0.259 e. The molecule has 0 spiro atoms. The van der Waals surface area contributed by atoms with Gasteiger partial charge in [0.15, 0.2) is 0 Å². The molecule has 7 heteroatoms. The summed E-state index contributed by atoms with van der Waals surface area (Å²) in [5.41, 5.74) is 5.91. The minimum atomic E-state index is -0.934. The maximum atomic E-state index is 16.0. The molecule has 0 aliphatic carbocycles. The lowest BCUT2D eigenvalue weighted by molar-refractivity contribution is 0.557. The van der Waals surface area contributed by atoms with Gasteiger partial charge in [-0.3, -0.25) is 4.98 Å². The highest BCUT2D eigenvalue weighted by atomic mass is 35.5. The Labute approximate surface area is 303 Å². The molecular weight excluding hydrogens is 698 g/mol. The van der Waals surface area contributed by atoms with Gasteiger partial charge in [0.1, 0.15) is 11.6 Å². The summed E-state index contributed by atoms with van der Waals surface area (Å²) in [6.07, 6.45) is 1.88. The molecule has 0 atom stereocenters. The van der Waals surface area contributed by atoms with Gasteiger partial charge in [0.25, 0.3) is 0 Å². The SMILES string of the molecule is Fc1cncc(F)c1[C](c1c(Cl)cc(-c2ccccc2)c(-c2ccccc2)c1Cl)c1c(Cl)cc(-c2ccccc2)c(-c2ccccc2)c1Cl. The summed E-state index contributed by atoms with van der Waals surface area (Å²) in [5.74, 6) is -1.87. The molecule has 0 aliphatic heterocycles. The maximum absolute atomic E-state index is 16.0. The summed E-state index contributed by atoms with van der Waals surface area (Å²) in [6, 6.07) is 41.8. The van der Waals surface area contributed by atoms with Gasteiger partial charge in [-0.2, -0.15) is 0 Å². The van der Waals surface area contributed by atoms with Gasteiger partial charge >= 0.3 is 0 Å². The predicted molar refractivity (Wildman–Crippen MR) is 199 cm³/mol. The number of hydrogen-bond donors (Lipinski definition) is 0. The van der Waals surface area contributed by atoms with Gasteiger partial charge in [0.2, 0.25) is 0 Å². The number of hydrogen-bond acceptors (Lipinski definition) is 1. The fourth-order valence-corrected chi connectivity index (χ4v) is 7.69. The van der Waals surface area contributed by atoms with E-state index < -0.39 is 17.2 Å². The van der Waals surface area contributed by atoms with Crippen LogP contribution in [-0.4, -0.2) is 4.98 Å². The first kappa shape index (κ1) is 33.0.